The summed E-state index contributed by atoms with van der Waals surface area (Å²) in [6, 6.07) is 27.8. The smallest absolute Gasteiger partial charge is 0.238 e. The highest BCUT2D eigenvalue weighted by atomic mass is 16.5. The van der Waals surface area contributed by atoms with Crippen molar-refractivity contribution in [2.75, 3.05) is 19.0 Å². The summed E-state index contributed by atoms with van der Waals surface area (Å²) in [6.45, 7) is 2.60. The first-order valence-electron chi connectivity index (χ1n) is 14.9. The Hall–Kier alpha value is -5.17. The summed E-state index contributed by atoms with van der Waals surface area (Å²) in [5.41, 5.74) is 2.64. The van der Waals surface area contributed by atoms with Crippen molar-refractivity contribution in [3.8, 4) is 11.5 Å². The van der Waals surface area contributed by atoms with E-state index in [1.165, 1.54) is 0 Å². The van der Waals surface area contributed by atoms with Crippen LogP contribution in [-0.4, -0.2) is 42.1 Å². The second-order valence-corrected chi connectivity index (χ2v) is 11.4. The van der Waals surface area contributed by atoms with Gasteiger partial charge in [0.1, 0.15) is 23.0 Å². The first-order valence-corrected chi connectivity index (χ1v) is 14.9. The Bertz CT molecular complexity index is 1810. The molecule has 1 N–H and O–H groups in total. The van der Waals surface area contributed by atoms with Crippen molar-refractivity contribution in [2.24, 2.45) is 5.92 Å². The standard InChI is InChI=1S/C37H32N2O5/c1-3-21-44-26-17-15-24(16-18-26)33(40)31-32(34(41)25-10-8-11-27(22-25)43-2)39-20-19-23-9-4-5-12-28(23)35(39)37(31)29-13-6-7-14-30(29)38-36(37)42/h4-20,22,31-32,35H,3,21H2,1-2H3,(H,38,42)/t31-,32-,35-,37-/m1/s1. The maximum Gasteiger partial charge on any atom is 0.238 e. The van der Waals surface area contributed by atoms with Crippen molar-refractivity contribution < 1.29 is 23.9 Å². The summed E-state index contributed by atoms with van der Waals surface area (Å²) in [4.78, 5) is 46.2. The molecule has 220 valence electrons. The molecule has 7 heteroatoms. The highest BCUT2D eigenvalue weighted by Crippen LogP contribution is 2.62. The van der Waals surface area contributed by atoms with E-state index in [1.807, 2.05) is 72.6 Å². The lowest BCUT2D eigenvalue weighted by molar-refractivity contribution is -0.122. The molecule has 1 spiro atoms. The SMILES string of the molecule is CCCOc1ccc(C(=O)[C@H]2[C@H](C(=O)c3cccc(OC)c3)N3C=Cc4ccccc4[C@@H]3[C@]23C(=O)Nc2ccccc23)cc1. The largest absolute Gasteiger partial charge is 0.497 e. The predicted octanol–water partition coefficient (Wildman–Crippen LogP) is 6.47. The van der Waals surface area contributed by atoms with Crippen LogP contribution in [-0.2, 0) is 10.2 Å². The third kappa shape index (κ3) is 4.07. The van der Waals surface area contributed by atoms with Gasteiger partial charge in [-0.05, 0) is 71.7 Å². The van der Waals surface area contributed by atoms with E-state index in [9.17, 15) is 14.4 Å². The number of carbonyl (C=O) groups excluding carboxylic acids is 3. The molecule has 4 atom stereocenters. The molecule has 0 bridgehead atoms. The predicted molar refractivity (Wildman–Crippen MR) is 168 cm³/mol. The van der Waals surface area contributed by atoms with Crippen molar-refractivity contribution in [2.45, 2.75) is 30.8 Å². The van der Waals surface area contributed by atoms with E-state index in [-0.39, 0.29) is 17.5 Å². The molecule has 3 aliphatic heterocycles. The molecule has 7 nitrogen and oxygen atoms in total. The number of para-hydroxylation sites is 1. The topological polar surface area (TPSA) is 84.9 Å². The third-order valence-corrected chi connectivity index (χ3v) is 9.09. The monoisotopic (exact) mass is 584 g/mol. The van der Waals surface area contributed by atoms with Crippen LogP contribution >= 0.6 is 0 Å². The average Bonchev–Trinajstić information content (AvgIpc) is 3.55. The molecule has 1 saturated heterocycles. The van der Waals surface area contributed by atoms with Gasteiger partial charge in [0.05, 0.1) is 25.7 Å². The molecule has 3 heterocycles. The van der Waals surface area contributed by atoms with Gasteiger partial charge in [0.2, 0.25) is 5.91 Å². The van der Waals surface area contributed by atoms with Gasteiger partial charge < -0.3 is 19.7 Å². The molecule has 7 rings (SSSR count). The number of nitrogens with one attached hydrogen (secondary N) is 1. The first-order chi connectivity index (χ1) is 21.5. The van der Waals surface area contributed by atoms with Gasteiger partial charge in [-0.25, -0.2) is 0 Å². The lowest BCUT2D eigenvalue weighted by Crippen LogP contribution is -2.49. The van der Waals surface area contributed by atoms with Gasteiger partial charge >= 0.3 is 0 Å². The normalized spacial score (nSPS) is 22.6. The zero-order chi connectivity index (χ0) is 30.4. The number of Topliss-reactive ketones (excluding diaryl/α,β-unsaturated/α-hetero) is 2. The minimum Gasteiger partial charge on any atom is -0.497 e. The van der Waals surface area contributed by atoms with Gasteiger partial charge in [-0.2, -0.15) is 0 Å². The second-order valence-electron chi connectivity index (χ2n) is 11.4. The Kier molecular flexibility index (Phi) is 6.81. The Morgan fingerprint density at radius 2 is 1.64 bits per heavy atom. The fraction of sp³-hybridized carbons (Fsp3) is 0.216. The van der Waals surface area contributed by atoms with Crippen LogP contribution in [0.25, 0.3) is 6.08 Å². The van der Waals surface area contributed by atoms with Gasteiger partial charge in [-0.3, -0.25) is 14.4 Å². The lowest BCUT2D eigenvalue weighted by atomic mass is 9.62. The van der Waals surface area contributed by atoms with Crippen molar-refractivity contribution in [3.05, 3.63) is 131 Å². The van der Waals surface area contributed by atoms with Gasteiger partial charge in [0, 0.05) is 23.0 Å². The Morgan fingerprint density at radius 1 is 0.864 bits per heavy atom. The van der Waals surface area contributed by atoms with Gasteiger partial charge in [0.25, 0.3) is 0 Å². The Morgan fingerprint density at radius 3 is 2.43 bits per heavy atom. The molecular weight excluding hydrogens is 552 g/mol. The number of methoxy groups -OCH3 is 1. The zero-order valence-electron chi connectivity index (χ0n) is 24.5. The summed E-state index contributed by atoms with van der Waals surface area (Å²) >= 11 is 0. The molecule has 4 aromatic carbocycles. The molecule has 0 radical (unpaired) electrons. The Labute approximate surface area is 256 Å². The maximum atomic E-state index is 15.0. The number of hydrogen-bond acceptors (Lipinski definition) is 6. The van der Waals surface area contributed by atoms with E-state index < -0.39 is 23.4 Å². The minimum atomic E-state index is -1.38. The van der Waals surface area contributed by atoms with Crippen LogP contribution in [0.5, 0.6) is 11.5 Å². The highest BCUT2D eigenvalue weighted by Gasteiger charge is 2.70. The number of amides is 1. The fourth-order valence-electron chi connectivity index (χ4n) is 7.23. The molecule has 4 aromatic rings. The van der Waals surface area contributed by atoms with Crippen LogP contribution in [0.3, 0.4) is 0 Å². The molecule has 0 aliphatic carbocycles. The number of ether oxygens (including phenoxy) is 2. The fourth-order valence-corrected chi connectivity index (χ4v) is 7.23. The Balaban J connectivity index is 1.47. The minimum absolute atomic E-state index is 0.256. The average molecular weight is 585 g/mol. The summed E-state index contributed by atoms with van der Waals surface area (Å²) < 4.78 is 11.2. The van der Waals surface area contributed by atoms with Crippen LogP contribution < -0.4 is 14.8 Å². The van der Waals surface area contributed by atoms with E-state index in [4.69, 9.17) is 9.47 Å². The zero-order valence-corrected chi connectivity index (χ0v) is 24.5. The van der Waals surface area contributed by atoms with E-state index in [0.717, 1.165) is 17.5 Å². The summed E-state index contributed by atoms with van der Waals surface area (Å²) in [5.74, 6) is -0.677. The number of rotatable bonds is 8. The number of ketones is 2. The number of fused-ring (bicyclic) bond motifs is 6. The maximum absolute atomic E-state index is 15.0. The number of nitrogens with zero attached hydrogens (tertiary/aromatic N) is 1. The van der Waals surface area contributed by atoms with E-state index in [2.05, 4.69) is 5.32 Å². The molecule has 0 aromatic heterocycles. The van der Waals surface area contributed by atoms with Crippen LogP contribution in [0.1, 0.15) is 56.8 Å². The van der Waals surface area contributed by atoms with Crippen LogP contribution in [0.2, 0.25) is 0 Å². The summed E-state index contributed by atoms with van der Waals surface area (Å²) in [6.07, 6.45) is 4.69. The van der Waals surface area contributed by atoms with Gasteiger partial charge in [-0.1, -0.05) is 61.5 Å². The summed E-state index contributed by atoms with van der Waals surface area (Å²) in [5, 5.41) is 3.09. The van der Waals surface area contributed by atoms with Crippen molar-refractivity contribution in [1.82, 2.24) is 4.90 Å². The van der Waals surface area contributed by atoms with Crippen molar-refractivity contribution in [3.63, 3.8) is 0 Å². The molecule has 3 aliphatic rings. The highest BCUT2D eigenvalue weighted by molar-refractivity contribution is 6.16. The second kappa shape index (κ2) is 10.8. The number of hydrogen-bond donors (Lipinski definition) is 1. The molecule has 1 fully saturated rings. The molecule has 44 heavy (non-hydrogen) atoms. The number of anilines is 1. The van der Waals surface area contributed by atoms with E-state index in [0.29, 0.717) is 40.5 Å². The lowest BCUT2D eigenvalue weighted by Gasteiger charge is -2.38. The first kappa shape index (κ1) is 27.7. The molecular formula is C37H32N2O5. The third-order valence-electron chi connectivity index (χ3n) is 9.09. The summed E-state index contributed by atoms with van der Waals surface area (Å²) in [7, 11) is 1.55. The molecule has 0 saturated carbocycles. The number of benzene rings is 4. The van der Waals surface area contributed by atoms with Crippen LogP contribution in [0.4, 0.5) is 5.69 Å². The van der Waals surface area contributed by atoms with Crippen molar-refractivity contribution in [1.29, 1.82) is 0 Å². The van der Waals surface area contributed by atoms with E-state index >= 15 is 0 Å². The van der Waals surface area contributed by atoms with Crippen LogP contribution in [0, 0.1) is 5.92 Å². The van der Waals surface area contributed by atoms with Gasteiger partial charge in [-0.15, -0.1) is 0 Å². The molecule has 0 unspecified atom stereocenters. The van der Waals surface area contributed by atoms with Gasteiger partial charge in [0.15, 0.2) is 11.6 Å². The van der Waals surface area contributed by atoms with Crippen LogP contribution in [0.15, 0.2) is 103 Å². The van der Waals surface area contributed by atoms with E-state index in [1.54, 1.807) is 55.6 Å². The quantitative estimate of drug-likeness (QED) is 0.239. The number of carbonyl (C=O) groups is 3. The van der Waals surface area contributed by atoms with Crippen molar-refractivity contribution >= 4 is 29.2 Å². The molecule has 1 amide bonds.